The zero-order valence-electron chi connectivity index (χ0n) is 13.3. The van der Waals surface area contributed by atoms with Crippen molar-refractivity contribution in [3.05, 3.63) is 33.1 Å². The van der Waals surface area contributed by atoms with E-state index in [9.17, 15) is 33.3 Å². The summed E-state index contributed by atoms with van der Waals surface area (Å²) in [6.45, 7) is -0.751. The van der Waals surface area contributed by atoms with E-state index < -0.39 is 57.3 Å². The standard InChI is InChI=1S/C10H15FN2O12P2/c1-9(17)6(15)10(11,4-23-27(21,22)25-26(18,19)20)24-7(9)13-3-2-5(14)12-8(13)16/h2-3,6-7,15,17H,4H2,1H3,(H,21,22)(H,12,14,16)(H2,18,19,20)/t6-,7+,9+,10+/m0/s1. The van der Waals surface area contributed by atoms with Crippen LogP contribution in [0.3, 0.4) is 0 Å². The van der Waals surface area contributed by atoms with Gasteiger partial charge in [-0.2, -0.15) is 4.31 Å². The summed E-state index contributed by atoms with van der Waals surface area (Å²) in [5.74, 6) is -3.40. The smallest absolute Gasteiger partial charge is 0.384 e. The molecule has 5 atom stereocenters. The average molecular weight is 436 g/mol. The summed E-state index contributed by atoms with van der Waals surface area (Å²) in [4.78, 5) is 50.8. The normalized spacial score (nSPS) is 33.7. The Morgan fingerprint density at radius 2 is 1.96 bits per heavy atom. The fourth-order valence-corrected chi connectivity index (χ4v) is 3.93. The van der Waals surface area contributed by atoms with Gasteiger partial charge in [0.15, 0.2) is 6.23 Å². The van der Waals surface area contributed by atoms with E-state index in [-0.39, 0.29) is 0 Å². The number of phosphoric ester groups is 1. The van der Waals surface area contributed by atoms with Crippen molar-refractivity contribution in [1.29, 1.82) is 0 Å². The Kier molecular flexibility index (Phi) is 5.69. The summed E-state index contributed by atoms with van der Waals surface area (Å²) in [6, 6.07) is 0.845. The van der Waals surface area contributed by atoms with Crippen LogP contribution in [0.15, 0.2) is 21.9 Å². The van der Waals surface area contributed by atoms with Crippen molar-refractivity contribution < 1.29 is 52.0 Å². The van der Waals surface area contributed by atoms with Crippen molar-refractivity contribution in [2.45, 2.75) is 30.7 Å². The highest BCUT2D eigenvalue weighted by atomic mass is 31.3. The molecule has 1 aromatic rings. The van der Waals surface area contributed by atoms with Crippen molar-refractivity contribution >= 4 is 15.6 Å². The number of nitrogens with one attached hydrogen (secondary N) is 1. The van der Waals surface area contributed by atoms with Crippen LogP contribution >= 0.6 is 15.6 Å². The van der Waals surface area contributed by atoms with Gasteiger partial charge in [0, 0.05) is 12.3 Å². The number of ether oxygens (including phenoxy) is 1. The van der Waals surface area contributed by atoms with E-state index in [0.717, 1.165) is 19.2 Å². The van der Waals surface area contributed by atoms with E-state index in [1.54, 1.807) is 0 Å². The van der Waals surface area contributed by atoms with Gasteiger partial charge >= 0.3 is 21.3 Å². The van der Waals surface area contributed by atoms with Crippen molar-refractivity contribution in [3.8, 4) is 0 Å². The number of phosphoric acid groups is 2. The molecule has 0 saturated carbocycles. The maximum absolute atomic E-state index is 14.9. The molecule has 14 nitrogen and oxygen atoms in total. The van der Waals surface area contributed by atoms with Crippen LogP contribution in [0.25, 0.3) is 0 Å². The van der Waals surface area contributed by atoms with Gasteiger partial charge in [-0.3, -0.25) is 18.9 Å². The summed E-state index contributed by atoms with van der Waals surface area (Å²) in [6.07, 6.45) is -3.52. The van der Waals surface area contributed by atoms with Gasteiger partial charge in [0.1, 0.15) is 18.3 Å². The average Bonchev–Trinajstić information content (AvgIpc) is 2.65. The zero-order chi connectivity index (χ0) is 20.8. The fourth-order valence-electron chi connectivity index (χ4n) is 2.33. The maximum Gasteiger partial charge on any atom is 0.481 e. The number of nitrogens with zero attached hydrogens (tertiary/aromatic N) is 1. The molecule has 0 spiro atoms. The van der Waals surface area contributed by atoms with Crippen molar-refractivity contribution in [2.24, 2.45) is 0 Å². The Morgan fingerprint density at radius 3 is 2.48 bits per heavy atom. The summed E-state index contributed by atoms with van der Waals surface area (Å²) >= 11 is 0. The Morgan fingerprint density at radius 1 is 1.37 bits per heavy atom. The van der Waals surface area contributed by atoms with Crippen LogP contribution in [-0.4, -0.2) is 58.6 Å². The predicted molar refractivity (Wildman–Crippen MR) is 80.8 cm³/mol. The molecule has 154 valence electrons. The molecule has 1 unspecified atom stereocenters. The second-order valence-corrected chi connectivity index (χ2v) is 8.55. The molecular weight excluding hydrogens is 421 g/mol. The first-order chi connectivity index (χ1) is 12.1. The molecule has 17 heteroatoms. The van der Waals surface area contributed by atoms with Crippen LogP contribution in [0.2, 0.25) is 0 Å². The third-order valence-corrected chi connectivity index (χ3v) is 5.64. The van der Waals surface area contributed by atoms with Gasteiger partial charge in [-0.1, -0.05) is 0 Å². The molecule has 0 radical (unpaired) electrons. The number of halogens is 1. The predicted octanol–water partition coefficient (Wildman–Crippen LogP) is -1.93. The minimum Gasteiger partial charge on any atom is -0.384 e. The topological polar surface area (TPSA) is 218 Å². The number of aliphatic hydroxyl groups is 2. The number of aromatic amines is 1. The van der Waals surface area contributed by atoms with Gasteiger partial charge in [0.2, 0.25) is 0 Å². The summed E-state index contributed by atoms with van der Waals surface area (Å²) in [5, 5.41) is 20.3. The lowest BCUT2D eigenvalue weighted by atomic mass is 9.95. The van der Waals surface area contributed by atoms with Gasteiger partial charge in [0.05, 0.1) is 0 Å². The van der Waals surface area contributed by atoms with Gasteiger partial charge in [-0.15, -0.1) is 0 Å². The summed E-state index contributed by atoms with van der Waals surface area (Å²) in [7, 11) is -11.0. The lowest BCUT2D eigenvalue weighted by Crippen LogP contribution is -2.50. The van der Waals surface area contributed by atoms with Crippen LogP contribution in [0.4, 0.5) is 4.39 Å². The Labute approximate surface area is 148 Å². The highest BCUT2D eigenvalue weighted by Crippen LogP contribution is 2.58. The molecule has 1 saturated heterocycles. The summed E-state index contributed by atoms with van der Waals surface area (Å²) in [5.41, 5.74) is -4.42. The minimum absolute atomic E-state index is 0.538. The number of aromatic nitrogens is 2. The van der Waals surface area contributed by atoms with E-state index in [2.05, 4.69) is 8.83 Å². The van der Waals surface area contributed by atoms with Crippen LogP contribution < -0.4 is 11.2 Å². The SMILES string of the molecule is C[C@]1(O)[C@H](n2ccc(=O)[nH]c2=O)O[C@](F)(COP(=O)(O)OP(=O)(O)O)[C@H]1O. The molecular formula is C10H15FN2O12P2. The highest BCUT2D eigenvalue weighted by molar-refractivity contribution is 7.60. The van der Waals surface area contributed by atoms with Crippen LogP contribution in [0, 0.1) is 0 Å². The van der Waals surface area contributed by atoms with Gasteiger partial charge in [-0.25, -0.2) is 18.3 Å². The third-order valence-electron chi connectivity index (χ3n) is 3.51. The lowest BCUT2D eigenvalue weighted by molar-refractivity contribution is -0.205. The molecule has 0 aliphatic carbocycles. The van der Waals surface area contributed by atoms with Crippen LogP contribution in [0.1, 0.15) is 13.2 Å². The van der Waals surface area contributed by atoms with Crippen LogP contribution in [-0.2, 0) is 22.7 Å². The number of rotatable bonds is 6. The van der Waals surface area contributed by atoms with E-state index in [1.165, 1.54) is 0 Å². The van der Waals surface area contributed by atoms with E-state index in [4.69, 9.17) is 19.4 Å². The molecule has 6 N–H and O–H groups in total. The molecule has 1 aliphatic heterocycles. The second-order valence-electron chi connectivity index (χ2n) is 5.72. The van der Waals surface area contributed by atoms with E-state index >= 15 is 0 Å². The van der Waals surface area contributed by atoms with Gasteiger partial charge < -0.3 is 29.6 Å². The highest BCUT2D eigenvalue weighted by Gasteiger charge is 2.63. The lowest BCUT2D eigenvalue weighted by Gasteiger charge is -2.27. The molecule has 1 fully saturated rings. The molecule has 1 aromatic heterocycles. The van der Waals surface area contributed by atoms with Crippen LogP contribution in [0.5, 0.6) is 0 Å². The molecule has 27 heavy (non-hydrogen) atoms. The number of hydrogen-bond donors (Lipinski definition) is 6. The molecule has 0 amide bonds. The molecule has 1 aliphatic rings. The molecule has 2 rings (SSSR count). The van der Waals surface area contributed by atoms with Crippen molar-refractivity contribution in [3.63, 3.8) is 0 Å². The Hall–Kier alpha value is -1.25. The summed E-state index contributed by atoms with van der Waals surface area (Å²) < 4.78 is 49.7. The Balaban J connectivity index is 2.28. The second kappa shape index (κ2) is 6.97. The first-order valence-corrected chi connectivity index (χ1v) is 9.93. The van der Waals surface area contributed by atoms with Gasteiger partial charge in [0.25, 0.3) is 11.4 Å². The Bertz CT molecular complexity index is 923. The van der Waals surface area contributed by atoms with E-state index in [1.807, 2.05) is 4.98 Å². The monoisotopic (exact) mass is 436 g/mol. The molecule has 0 aromatic carbocycles. The number of aliphatic hydroxyl groups excluding tert-OH is 1. The quantitative estimate of drug-likeness (QED) is 0.269. The number of alkyl halides is 1. The molecule has 2 heterocycles. The zero-order valence-corrected chi connectivity index (χ0v) is 15.1. The minimum atomic E-state index is -5.48. The number of H-pyrrole nitrogens is 1. The largest absolute Gasteiger partial charge is 0.481 e. The van der Waals surface area contributed by atoms with Crippen molar-refractivity contribution in [1.82, 2.24) is 9.55 Å². The fraction of sp³-hybridized carbons (Fsp3) is 0.600. The maximum atomic E-state index is 14.9. The first-order valence-electron chi connectivity index (χ1n) is 6.90. The van der Waals surface area contributed by atoms with E-state index in [0.29, 0.717) is 4.57 Å². The third kappa shape index (κ3) is 4.78. The van der Waals surface area contributed by atoms with Gasteiger partial charge in [-0.05, 0) is 6.92 Å². The first kappa shape index (κ1) is 22.0. The van der Waals surface area contributed by atoms with Crippen molar-refractivity contribution in [2.75, 3.05) is 6.61 Å². The number of hydrogen-bond acceptors (Lipinski definition) is 9. The molecule has 0 bridgehead atoms.